The van der Waals surface area contributed by atoms with Crippen LogP contribution in [-0.2, 0) is 17.1 Å². The number of imidazole rings is 1. The van der Waals surface area contributed by atoms with Crippen molar-refractivity contribution < 1.29 is 8.42 Å². The van der Waals surface area contributed by atoms with Gasteiger partial charge in [-0.25, -0.2) is 4.98 Å². The van der Waals surface area contributed by atoms with Gasteiger partial charge in [0.1, 0.15) is 0 Å². The van der Waals surface area contributed by atoms with Crippen LogP contribution in [0.15, 0.2) is 47.9 Å². The van der Waals surface area contributed by atoms with Gasteiger partial charge in [-0.05, 0) is 25.1 Å². The maximum atomic E-state index is 12.7. The van der Waals surface area contributed by atoms with Crippen LogP contribution in [0.3, 0.4) is 0 Å². The van der Waals surface area contributed by atoms with E-state index in [9.17, 15) is 8.42 Å². The van der Waals surface area contributed by atoms with Gasteiger partial charge >= 0.3 is 0 Å². The molecular weight excluding hydrogens is 276 g/mol. The lowest BCUT2D eigenvalue weighted by atomic mass is 10.3. The van der Waals surface area contributed by atoms with E-state index >= 15 is 0 Å². The van der Waals surface area contributed by atoms with Crippen molar-refractivity contribution in [2.45, 2.75) is 11.4 Å². The largest absolute Gasteiger partial charge is 0.339 e. The molecule has 0 saturated heterocycles. The van der Waals surface area contributed by atoms with Crippen molar-refractivity contribution in [3.05, 3.63) is 42.9 Å². The van der Waals surface area contributed by atoms with Crippen molar-refractivity contribution in [3.63, 3.8) is 0 Å². The fraction of sp³-hybridized carbons (Fsp3) is 0.308. The average molecular weight is 294 g/mol. The first-order valence-corrected chi connectivity index (χ1v) is 7.75. The normalized spacial score (nSPS) is 11.5. The quantitative estimate of drug-likeness (QED) is 0.860. The summed E-state index contributed by atoms with van der Waals surface area (Å²) in [7, 11) is -1.92. The second-order valence-corrected chi connectivity index (χ2v) is 6.24. The summed E-state index contributed by atoms with van der Waals surface area (Å²) in [4.78, 5) is 3.94. The summed E-state index contributed by atoms with van der Waals surface area (Å²) in [5, 5.41) is 0.0425. The molecule has 0 aliphatic carbocycles. The van der Waals surface area contributed by atoms with Gasteiger partial charge in [-0.2, -0.15) is 8.42 Å². The van der Waals surface area contributed by atoms with Crippen molar-refractivity contribution >= 4 is 15.7 Å². The predicted molar refractivity (Wildman–Crippen MR) is 77.9 cm³/mol. The number of aryl methyl sites for hydroxylation is 1. The Hall–Kier alpha value is -1.86. The summed E-state index contributed by atoms with van der Waals surface area (Å²) in [6.07, 6.45) is 3.55. The first-order valence-electron chi connectivity index (χ1n) is 6.31. The van der Waals surface area contributed by atoms with E-state index < -0.39 is 10.0 Å². The van der Waals surface area contributed by atoms with Crippen LogP contribution < -0.4 is 10.0 Å². The minimum atomic E-state index is -3.66. The summed E-state index contributed by atoms with van der Waals surface area (Å²) < 4.78 is 28.3. The minimum Gasteiger partial charge on any atom is -0.339 e. The van der Waals surface area contributed by atoms with E-state index in [1.807, 2.05) is 6.07 Å². The monoisotopic (exact) mass is 294 g/mol. The molecule has 20 heavy (non-hydrogen) atoms. The molecule has 0 spiro atoms. The average Bonchev–Trinajstić information content (AvgIpc) is 2.88. The summed E-state index contributed by atoms with van der Waals surface area (Å²) in [5.74, 6) is 0. The van der Waals surface area contributed by atoms with E-state index in [-0.39, 0.29) is 5.03 Å². The van der Waals surface area contributed by atoms with Crippen LogP contribution in [0.2, 0.25) is 0 Å². The van der Waals surface area contributed by atoms with Gasteiger partial charge < -0.3 is 10.3 Å². The number of sulfonamides is 1. The van der Waals surface area contributed by atoms with Gasteiger partial charge in [0, 0.05) is 19.8 Å². The van der Waals surface area contributed by atoms with E-state index in [0.29, 0.717) is 25.2 Å². The molecule has 0 amide bonds. The Morgan fingerprint density at radius 1 is 1.30 bits per heavy atom. The van der Waals surface area contributed by atoms with Crippen molar-refractivity contribution in [1.29, 1.82) is 0 Å². The Bertz CT molecular complexity index is 652. The predicted octanol–water partition coefficient (Wildman–Crippen LogP) is 0.964. The highest BCUT2D eigenvalue weighted by molar-refractivity contribution is 7.92. The van der Waals surface area contributed by atoms with Gasteiger partial charge in [-0.1, -0.05) is 18.2 Å². The minimum absolute atomic E-state index is 0.0425. The molecule has 2 aromatic rings. The molecule has 0 unspecified atom stereocenters. The molecule has 0 atom stereocenters. The SMILES string of the molecule is Cn1cnc(S(=O)(=O)N(CCCN)c2ccccc2)c1. The molecule has 7 heteroatoms. The van der Waals surface area contributed by atoms with Crippen LogP contribution in [0.1, 0.15) is 6.42 Å². The molecule has 0 fully saturated rings. The van der Waals surface area contributed by atoms with Crippen LogP contribution in [0.25, 0.3) is 0 Å². The van der Waals surface area contributed by atoms with Gasteiger partial charge in [0.25, 0.3) is 10.0 Å². The second kappa shape index (κ2) is 6.06. The van der Waals surface area contributed by atoms with Gasteiger partial charge in [-0.15, -0.1) is 0 Å². The van der Waals surface area contributed by atoms with E-state index in [2.05, 4.69) is 4.98 Å². The van der Waals surface area contributed by atoms with Gasteiger partial charge in [0.15, 0.2) is 5.03 Å². The Balaban J connectivity index is 2.40. The van der Waals surface area contributed by atoms with Crippen molar-refractivity contribution in [3.8, 4) is 0 Å². The van der Waals surface area contributed by atoms with E-state index in [4.69, 9.17) is 5.73 Å². The molecule has 0 aliphatic heterocycles. The fourth-order valence-corrected chi connectivity index (χ4v) is 3.33. The zero-order valence-corrected chi connectivity index (χ0v) is 12.1. The number of para-hydroxylation sites is 1. The van der Waals surface area contributed by atoms with Crippen LogP contribution in [0.5, 0.6) is 0 Å². The number of hydrogen-bond acceptors (Lipinski definition) is 4. The highest BCUT2D eigenvalue weighted by Crippen LogP contribution is 2.22. The maximum Gasteiger partial charge on any atom is 0.283 e. The lowest BCUT2D eigenvalue weighted by molar-refractivity contribution is 0.586. The standard InChI is InChI=1S/C13H18N4O2S/c1-16-10-13(15-11-16)20(18,19)17(9-5-8-14)12-6-3-2-4-7-12/h2-4,6-7,10-11H,5,8-9,14H2,1H3. The molecule has 0 bridgehead atoms. The van der Waals surface area contributed by atoms with E-state index in [1.54, 1.807) is 35.9 Å². The zero-order valence-electron chi connectivity index (χ0n) is 11.3. The third kappa shape index (κ3) is 3.00. The molecule has 6 nitrogen and oxygen atoms in total. The van der Waals surface area contributed by atoms with Gasteiger partial charge in [-0.3, -0.25) is 4.31 Å². The lowest BCUT2D eigenvalue weighted by Gasteiger charge is -2.23. The molecule has 0 saturated carbocycles. The van der Waals surface area contributed by atoms with Crippen LogP contribution in [-0.4, -0.2) is 31.1 Å². The first-order chi connectivity index (χ1) is 9.55. The first kappa shape index (κ1) is 14.5. The molecule has 108 valence electrons. The van der Waals surface area contributed by atoms with Crippen LogP contribution >= 0.6 is 0 Å². The van der Waals surface area contributed by atoms with Crippen LogP contribution in [0, 0.1) is 0 Å². The summed E-state index contributed by atoms with van der Waals surface area (Å²) in [6, 6.07) is 8.98. The summed E-state index contributed by atoms with van der Waals surface area (Å²) in [5.41, 5.74) is 6.12. The molecule has 2 N–H and O–H groups in total. The molecule has 1 aromatic carbocycles. The number of aromatic nitrogens is 2. The fourth-order valence-electron chi connectivity index (χ4n) is 1.85. The topological polar surface area (TPSA) is 81.2 Å². The zero-order chi connectivity index (χ0) is 14.6. The molecular formula is C13H18N4O2S. The number of rotatable bonds is 6. The molecule has 0 aliphatic rings. The highest BCUT2D eigenvalue weighted by Gasteiger charge is 2.26. The third-order valence-corrected chi connectivity index (χ3v) is 4.56. The molecule has 2 rings (SSSR count). The number of nitrogens with zero attached hydrogens (tertiary/aromatic N) is 3. The number of anilines is 1. The van der Waals surface area contributed by atoms with E-state index in [1.165, 1.54) is 16.8 Å². The van der Waals surface area contributed by atoms with Gasteiger partial charge in [0.05, 0.1) is 12.0 Å². The number of benzene rings is 1. The summed E-state index contributed by atoms with van der Waals surface area (Å²) in [6.45, 7) is 0.764. The smallest absolute Gasteiger partial charge is 0.283 e. The van der Waals surface area contributed by atoms with Crippen molar-refractivity contribution in [1.82, 2.24) is 9.55 Å². The van der Waals surface area contributed by atoms with E-state index in [0.717, 1.165) is 0 Å². The number of hydrogen-bond donors (Lipinski definition) is 1. The second-order valence-electron chi connectivity index (χ2n) is 4.43. The Morgan fingerprint density at radius 3 is 2.55 bits per heavy atom. The molecule has 1 heterocycles. The maximum absolute atomic E-state index is 12.7. The molecule has 1 aromatic heterocycles. The highest BCUT2D eigenvalue weighted by atomic mass is 32.2. The van der Waals surface area contributed by atoms with Gasteiger partial charge in [0.2, 0.25) is 0 Å². The Kier molecular flexibility index (Phi) is 4.41. The molecule has 0 radical (unpaired) electrons. The third-order valence-electron chi connectivity index (χ3n) is 2.85. The Labute approximate surface area is 118 Å². The lowest BCUT2D eigenvalue weighted by Crippen LogP contribution is -2.33. The van der Waals surface area contributed by atoms with Crippen LogP contribution in [0.4, 0.5) is 5.69 Å². The van der Waals surface area contributed by atoms with Crippen molar-refractivity contribution in [2.24, 2.45) is 12.8 Å². The number of nitrogens with two attached hydrogens (primary N) is 1. The Morgan fingerprint density at radius 2 is 2.00 bits per heavy atom. The summed E-state index contributed by atoms with van der Waals surface area (Å²) >= 11 is 0. The van der Waals surface area contributed by atoms with Crippen molar-refractivity contribution in [2.75, 3.05) is 17.4 Å².